The van der Waals surface area contributed by atoms with E-state index in [0.29, 0.717) is 0 Å². The maximum atomic E-state index is 11.8. The number of hydrogen-bond acceptors (Lipinski definition) is 6. The highest BCUT2D eigenvalue weighted by Crippen LogP contribution is 2.09. The first kappa shape index (κ1) is 13.0. The van der Waals surface area contributed by atoms with Gasteiger partial charge in [0.1, 0.15) is 0 Å². The van der Waals surface area contributed by atoms with Gasteiger partial charge in [-0.05, 0) is 19.1 Å². The molecule has 0 fully saturated rings. The van der Waals surface area contributed by atoms with Crippen molar-refractivity contribution in [3.63, 3.8) is 0 Å². The van der Waals surface area contributed by atoms with E-state index in [1.807, 2.05) is 0 Å². The predicted molar refractivity (Wildman–Crippen MR) is 55.2 cm³/mol. The molecule has 0 aliphatic rings. The Bertz CT molecular complexity index is 406. The van der Waals surface area contributed by atoms with E-state index in [1.165, 1.54) is 18.4 Å². The number of ether oxygens (including phenoxy) is 2. The summed E-state index contributed by atoms with van der Waals surface area (Å²) < 4.78 is 14.1. The normalized spacial score (nSPS) is 11.6. The van der Waals surface area contributed by atoms with Crippen molar-refractivity contribution in [1.29, 1.82) is 0 Å². The topological polar surface area (TPSA) is 82.8 Å². The number of hydrogen-bond donors (Lipinski definition) is 0. The van der Waals surface area contributed by atoms with Gasteiger partial charge in [-0.2, -0.15) is 0 Å². The number of furan rings is 1. The minimum atomic E-state index is -1.61. The molecular weight excluding hydrogens is 228 g/mol. The molecule has 0 aliphatic heterocycles. The lowest BCUT2D eigenvalue weighted by Gasteiger charge is -2.12. The third-order valence-electron chi connectivity index (χ3n) is 1.79. The zero-order chi connectivity index (χ0) is 12.8. The Morgan fingerprint density at radius 3 is 2.59 bits per heavy atom. The highest BCUT2D eigenvalue weighted by Gasteiger charge is 2.33. The molecule has 0 amide bonds. The van der Waals surface area contributed by atoms with E-state index >= 15 is 0 Å². The van der Waals surface area contributed by atoms with Crippen LogP contribution in [0.25, 0.3) is 0 Å². The maximum absolute atomic E-state index is 11.8. The fourth-order valence-corrected chi connectivity index (χ4v) is 1.14. The Labute approximate surface area is 97.5 Å². The Morgan fingerprint density at radius 2 is 2.12 bits per heavy atom. The van der Waals surface area contributed by atoms with Gasteiger partial charge < -0.3 is 13.9 Å². The molecule has 1 aromatic rings. The first-order valence-corrected chi connectivity index (χ1v) is 4.97. The lowest BCUT2D eigenvalue weighted by Crippen LogP contribution is -2.36. The molecule has 1 aromatic heterocycles. The third kappa shape index (κ3) is 3.44. The molecule has 0 radical (unpaired) electrons. The second kappa shape index (κ2) is 5.83. The minimum absolute atomic E-state index is 0.0655. The highest BCUT2D eigenvalue weighted by molar-refractivity contribution is 6.10. The van der Waals surface area contributed by atoms with E-state index in [9.17, 15) is 14.4 Å². The Morgan fingerprint density at radius 1 is 1.41 bits per heavy atom. The van der Waals surface area contributed by atoms with Crippen molar-refractivity contribution in [2.75, 3.05) is 6.61 Å². The molecule has 92 valence electrons. The maximum Gasteiger partial charge on any atom is 0.355 e. The van der Waals surface area contributed by atoms with Crippen molar-refractivity contribution in [2.45, 2.75) is 20.0 Å². The lowest BCUT2D eigenvalue weighted by atomic mass is 10.2. The van der Waals surface area contributed by atoms with Gasteiger partial charge >= 0.3 is 11.9 Å². The number of esters is 2. The van der Waals surface area contributed by atoms with Crippen LogP contribution in [0, 0.1) is 0 Å². The van der Waals surface area contributed by atoms with E-state index in [0.717, 1.165) is 6.92 Å². The molecule has 6 nitrogen and oxygen atoms in total. The minimum Gasteiger partial charge on any atom is -0.463 e. The summed E-state index contributed by atoms with van der Waals surface area (Å²) >= 11 is 0. The predicted octanol–water partition coefficient (Wildman–Crippen LogP) is 0.957. The molecule has 0 aliphatic carbocycles. The quantitative estimate of drug-likeness (QED) is 0.433. The van der Waals surface area contributed by atoms with Crippen LogP contribution in [-0.4, -0.2) is 30.4 Å². The molecule has 17 heavy (non-hydrogen) atoms. The van der Waals surface area contributed by atoms with Crippen LogP contribution in [0.4, 0.5) is 0 Å². The van der Waals surface area contributed by atoms with Gasteiger partial charge in [0.2, 0.25) is 5.78 Å². The van der Waals surface area contributed by atoms with Crippen LogP contribution < -0.4 is 0 Å². The van der Waals surface area contributed by atoms with Crippen LogP contribution in [-0.2, 0) is 19.1 Å². The van der Waals surface area contributed by atoms with Gasteiger partial charge in [-0.3, -0.25) is 9.59 Å². The summed E-state index contributed by atoms with van der Waals surface area (Å²) in [5.41, 5.74) is 0. The molecule has 0 aromatic carbocycles. The van der Waals surface area contributed by atoms with Crippen LogP contribution in [0.2, 0.25) is 0 Å². The average molecular weight is 240 g/mol. The molecule has 0 bridgehead atoms. The number of rotatable bonds is 5. The van der Waals surface area contributed by atoms with Crippen molar-refractivity contribution >= 4 is 17.7 Å². The van der Waals surface area contributed by atoms with E-state index in [1.54, 1.807) is 6.92 Å². The van der Waals surface area contributed by atoms with E-state index in [4.69, 9.17) is 4.42 Å². The standard InChI is InChI=1S/C11H12O6/c1-3-15-11(14)10(17-7(2)12)9(13)8-5-4-6-16-8/h4-6,10H,3H2,1-2H3/t10-/m1/s1. The summed E-state index contributed by atoms with van der Waals surface area (Å²) in [6, 6.07) is 2.86. The summed E-state index contributed by atoms with van der Waals surface area (Å²) in [6.07, 6.45) is -0.331. The Kier molecular flexibility index (Phi) is 4.45. The average Bonchev–Trinajstić information content (AvgIpc) is 2.78. The van der Waals surface area contributed by atoms with Crippen molar-refractivity contribution in [1.82, 2.24) is 0 Å². The monoisotopic (exact) mass is 240 g/mol. The number of Topliss-reactive ketones (excluding diaryl/α,β-unsaturated/α-hetero) is 1. The summed E-state index contributed by atoms with van der Waals surface area (Å²) in [7, 11) is 0. The van der Waals surface area contributed by atoms with Gasteiger partial charge in [-0.15, -0.1) is 0 Å². The van der Waals surface area contributed by atoms with Gasteiger partial charge in [-0.1, -0.05) is 0 Å². The molecule has 1 heterocycles. The summed E-state index contributed by atoms with van der Waals surface area (Å²) in [5.74, 6) is -2.47. The van der Waals surface area contributed by atoms with Gasteiger partial charge in [0.05, 0.1) is 12.9 Å². The van der Waals surface area contributed by atoms with E-state index < -0.39 is 23.8 Å². The van der Waals surface area contributed by atoms with Crippen LogP contribution in [0.1, 0.15) is 24.4 Å². The van der Waals surface area contributed by atoms with Gasteiger partial charge in [0.15, 0.2) is 5.76 Å². The molecule has 0 unspecified atom stereocenters. The molecule has 6 heteroatoms. The van der Waals surface area contributed by atoms with E-state index in [-0.39, 0.29) is 12.4 Å². The van der Waals surface area contributed by atoms with Crippen LogP contribution in [0.15, 0.2) is 22.8 Å². The number of carbonyl (C=O) groups is 3. The van der Waals surface area contributed by atoms with Crippen LogP contribution >= 0.6 is 0 Å². The molecule has 1 atom stereocenters. The molecule has 0 N–H and O–H groups in total. The first-order chi connectivity index (χ1) is 8.06. The number of carbonyl (C=O) groups excluding carboxylic acids is 3. The third-order valence-corrected chi connectivity index (χ3v) is 1.79. The lowest BCUT2D eigenvalue weighted by molar-refractivity contribution is -0.162. The van der Waals surface area contributed by atoms with Gasteiger partial charge in [0, 0.05) is 6.92 Å². The van der Waals surface area contributed by atoms with Crippen molar-refractivity contribution in [3.8, 4) is 0 Å². The molecule has 0 saturated heterocycles. The summed E-state index contributed by atoms with van der Waals surface area (Å²) in [4.78, 5) is 34.1. The summed E-state index contributed by atoms with van der Waals surface area (Å²) in [6.45, 7) is 2.77. The van der Waals surface area contributed by atoms with Crippen LogP contribution in [0.5, 0.6) is 0 Å². The SMILES string of the molecule is CCOC(=O)[C@H](OC(C)=O)C(=O)c1ccco1. The molecule has 0 spiro atoms. The molecular formula is C11H12O6. The zero-order valence-corrected chi connectivity index (χ0v) is 9.47. The second-order valence-corrected chi connectivity index (χ2v) is 3.08. The largest absolute Gasteiger partial charge is 0.463 e. The molecule has 0 saturated carbocycles. The van der Waals surface area contributed by atoms with Gasteiger partial charge in [0.25, 0.3) is 6.10 Å². The molecule has 1 rings (SSSR count). The van der Waals surface area contributed by atoms with Crippen molar-refractivity contribution in [3.05, 3.63) is 24.2 Å². The zero-order valence-electron chi connectivity index (χ0n) is 9.47. The Hall–Kier alpha value is -2.11. The first-order valence-electron chi connectivity index (χ1n) is 4.97. The number of ketones is 1. The van der Waals surface area contributed by atoms with Crippen molar-refractivity contribution in [2.24, 2.45) is 0 Å². The fourth-order valence-electron chi connectivity index (χ4n) is 1.14. The van der Waals surface area contributed by atoms with Gasteiger partial charge in [-0.25, -0.2) is 4.79 Å². The Balaban J connectivity index is 2.86. The highest BCUT2D eigenvalue weighted by atomic mass is 16.6. The summed E-state index contributed by atoms with van der Waals surface area (Å²) in [5, 5.41) is 0. The van der Waals surface area contributed by atoms with Crippen LogP contribution in [0.3, 0.4) is 0 Å². The second-order valence-electron chi connectivity index (χ2n) is 3.08. The van der Waals surface area contributed by atoms with Crippen molar-refractivity contribution < 1.29 is 28.3 Å². The smallest absolute Gasteiger partial charge is 0.355 e. The van der Waals surface area contributed by atoms with E-state index in [2.05, 4.69) is 9.47 Å². The fraction of sp³-hybridized carbons (Fsp3) is 0.364.